The number of benzene rings is 1. The molecule has 1 saturated heterocycles. The van der Waals surface area contributed by atoms with Crippen LogP contribution >= 0.6 is 0 Å². The summed E-state index contributed by atoms with van der Waals surface area (Å²) in [4.78, 5) is 11.6. The zero-order chi connectivity index (χ0) is 14.9. The summed E-state index contributed by atoms with van der Waals surface area (Å²) in [7, 11) is 0. The Morgan fingerprint density at radius 1 is 1.38 bits per heavy atom. The van der Waals surface area contributed by atoms with Gasteiger partial charge in [-0.25, -0.2) is 4.79 Å². The molecule has 1 aliphatic rings. The number of hydrogen-bond acceptors (Lipinski definition) is 3. The first-order valence-corrected chi connectivity index (χ1v) is 7.57. The lowest BCUT2D eigenvalue weighted by molar-refractivity contribution is 0.0528. The number of nitrogens with one attached hydrogen (secondary N) is 1. The van der Waals surface area contributed by atoms with Crippen LogP contribution in [0.3, 0.4) is 0 Å². The average molecular weight is 290 g/mol. The molecule has 115 valence electrons. The van der Waals surface area contributed by atoms with Crippen LogP contribution in [0.4, 0.5) is 4.79 Å². The smallest absolute Gasteiger partial charge is 0.407 e. The second kappa shape index (κ2) is 8.67. The molecule has 1 atom stereocenters. The van der Waals surface area contributed by atoms with E-state index in [1.54, 1.807) is 0 Å². The molecule has 4 heteroatoms. The topological polar surface area (TPSA) is 47.6 Å². The van der Waals surface area contributed by atoms with Crippen molar-refractivity contribution in [1.29, 1.82) is 0 Å². The summed E-state index contributed by atoms with van der Waals surface area (Å²) in [5.41, 5.74) is 0.993. The minimum atomic E-state index is -0.363. The standard InChI is InChI=1S/C17H24NO3/c1-14(10-16-8-5-9-20-12-16)11-18-17(19)21-13-15-6-3-2-4-7-15/h2-4,6-7,16H,5,8-13H2,1H3,(H,18,19)/t16-/m0/s1. The number of carbonyl (C=O) groups excluding carboxylic acids is 1. The second-order valence-corrected chi connectivity index (χ2v) is 5.66. The Morgan fingerprint density at radius 2 is 2.19 bits per heavy atom. The van der Waals surface area contributed by atoms with Gasteiger partial charge in [-0.1, -0.05) is 37.3 Å². The van der Waals surface area contributed by atoms with Gasteiger partial charge in [-0.3, -0.25) is 0 Å². The second-order valence-electron chi connectivity index (χ2n) is 5.66. The van der Waals surface area contributed by atoms with Gasteiger partial charge in [-0.15, -0.1) is 0 Å². The highest BCUT2D eigenvalue weighted by Crippen LogP contribution is 2.22. The van der Waals surface area contributed by atoms with Gasteiger partial charge in [0.1, 0.15) is 6.61 Å². The summed E-state index contributed by atoms with van der Waals surface area (Å²) in [6, 6.07) is 9.68. The molecular formula is C17H24NO3. The van der Waals surface area contributed by atoms with Gasteiger partial charge in [-0.2, -0.15) is 0 Å². The Balaban J connectivity index is 1.59. The Morgan fingerprint density at radius 3 is 2.90 bits per heavy atom. The van der Waals surface area contributed by atoms with E-state index in [4.69, 9.17) is 9.47 Å². The maximum atomic E-state index is 11.6. The van der Waals surface area contributed by atoms with Crippen molar-refractivity contribution in [3.63, 3.8) is 0 Å². The van der Waals surface area contributed by atoms with E-state index in [0.717, 1.165) is 31.6 Å². The van der Waals surface area contributed by atoms with Gasteiger partial charge in [-0.05, 0) is 36.7 Å². The van der Waals surface area contributed by atoms with Crippen molar-refractivity contribution < 1.29 is 14.3 Å². The van der Waals surface area contributed by atoms with Crippen LogP contribution in [0.2, 0.25) is 0 Å². The molecule has 0 unspecified atom stereocenters. The predicted molar refractivity (Wildman–Crippen MR) is 81.7 cm³/mol. The Kier molecular flexibility index (Phi) is 6.54. The molecule has 0 bridgehead atoms. The van der Waals surface area contributed by atoms with Crippen molar-refractivity contribution >= 4 is 6.09 Å². The largest absolute Gasteiger partial charge is 0.445 e. The monoisotopic (exact) mass is 290 g/mol. The van der Waals surface area contributed by atoms with E-state index >= 15 is 0 Å². The average Bonchev–Trinajstić information content (AvgIpc) is 2.53. The van der Waals surface area contributed by atoms with Crippen LogP contribution in [-0.4, -0.2) is 25.9 Å². The first-order valence-electron chi connectivity index (χ1n) is 7.57. The molecule has 1 aromatic carbocycles. The van der Waals surface area contributed by atoms with E-state index in [1.165, 1.54) is 12.3 Å². The molecule has 0 saturated carbocycles. The van der Waals surface area contributed by atoms with Gasteiger partial charge in [0.05, 0.1) is 0 Å². The van der Waals surface area contributed by atoms with Gasteiger partial charge in [0, 0.05) is 19.8 Å². The van der Waals surface area contributed by atoms with Gasteiger partial charge < -0.3 is 14.8 Å². The molecule has 21 heavy (non-hydrogen) atoms. The molecule has 1 N–H and O–H groups in total. The fourth-order valence-corrected chi connectivity index (χ4v) is 2.53. The normalized spacial score (nSPS) is 18.5. The molecule has 1 radical (unpaired) electrons. The van der Waals surface area contributed by atoms with Gasteiger partial charge in [0.25, 0.3) is 0 Å². The van der Waals surface area contributed by atoms with E-state index in [-0.39, 0.29) is 6.09 Å². The summed E-state index contributed by atoms with van der Waals surface area (Å²) < 4.78 is 10.7. The van der Waals surface area contributed by atoms with Gasteiger partial charge in [0.2, 0.25) is 0 Å². The Hall–Kier alpha value is -1.55. The molecule has 1 fully saturated rings. The minimum Gasteiger partial charge on any atom is -0.445 e. The molecule has 0 aromatic heterocycles. The van der Waals surface area contributed by atoms with E-state index in [0.29, 0.717) is 19.1 Å². The third-order valence-electron chi connectivity index (χ3n) is 3.64. The fourth-order valence-electron chi connectivity index (χ4n) is 2.53. The van der Waals surface area contributed by atoms with Crippen molar-refractivity contribution in [2.45, 2.75) is 32.8 Å². The summed E-state index contributed by atoms with van der Waals surface area (Å²) in [5, 5.41) is 2.80. The lowest BCUT2D eigenvalue weighted by atomic mass is 9.91. The summed E-state index contributed by atoms with van der Waals surface area (Å²) in [6.07, 6.45) is 3.01. The van der Waals surface area contributed by atoms with Crippen LogP contribution in [0.25, 0.3) is 0 Å². The maximum Gasteiger partial charge on any atom is 0.407 e. The maximum absolute atomic E-state index is 11.6. The van der Waals surface area contributed by atoms with E-state index in [9.17, 15) is 4.79 Å². The highest BCUT2D eigenvalue weighted by molar-refractivity contribution is 5.67. The minimum absolute atomic E-state index is 0.308. The highest BCUT2D eigenvalue weighted by Gasteiger charge is 2.17. The lowest BCUT2D eigenvalue weighted by Crippen LogP contribution is -2.29. The van der Waals surface area contributed by atoms with Crippen LogP contribution in [0.1, 0.15) is 31.7 Å². The summed E-state index contributed by atoms with van der Waals surface area (Å²) in [6.45, 7) is 4.69. The molecular weight excluding hydrogens is 266 g/mol. The predicted octanol–water partition coefficient (Wildman–Crippen LogP) is 3.32. The third kappa shape index (κ3) is 6.17. The Labute approximate surface area is 126 Å². The van der Waals surface area contributed by atoms with Gasteiger partial charge in [0.15, 0.2) is 0 Å². The molecule has 4 nitrogen and oxygen atoms in total. The first-order chi connectivity index (χ1) is 10.2. The van der Waals surface area contributed by atoms with Crippen LogP contribution in [-0.2, 0) is 16.1 Å². The van der Waals surface area contributed by atoms with E-state index < -0.39 is 0 Å². The molecule has 0 aliphatic carbocycles. The lowest BCUT2D eigenvalue weighted by Gasteiger charge is -2.24. The number of carbonyl (C=O) groups is 1. The fraction of sp³-hybridized carbons (Fsp3) is 0.529. The van der Waals surface area contributed by atoms with E-state index in [2.05, 4.69) is 12.2 Å². The van der Waals surface area contributed by atoms with Crippen LogP contribution in [0.15, 0.2) is 30.3 Å². The van der Waals surface area contributed by atoms with E-state index in [1.807, 2.05) is 30.3 Å². The van der Waals surface area contributed by atoms with Crippen LogP contribution in [0, 0.1) is 11.8 Å². The zero-order valence-corrected chi connectivity index (χ0v) is 12.6. The zero-order valence-electron chi connectivity index (χ0n) is 12.6. The molecule has 1 aliphatic heterocycles. The van der Waals surface area contributed by atoms with Crippen molar-refractivity contribution in [3.8, 4) is 0 Å². The molecule has 2 rings (SSSR count). The summed E-state index contributed by atoms with van der Waals surface area (Å²) in [5.74, 6) is 1.86. The van der Waals surface area contributed by atoms with Crippen molar-refractivity contribution in [2.75, 3.05) is 19.8 Å². The number of ether oxygens (including phenoxy) is 2. The van der Waals surface area contributed by atoms with Crippen molar-refractivity contribution in [2.24, 2.45) is 5.92 Å². The van der Waals surface area contributed by atoms with Crippen LogP contribution in [0.5, 0.6) is 0 Å². The summed E-state index contributed by atoms with van der Waals surface area (Å²) >= 11 is 0. The third-order valence-corrected chi connectivity index (χ3v) is 3.64. The quantitative estimate of drug-likeness (QED) is 0.874. The molecule has 0 spiro atoms. The van der Waals surface area contributed by atoms with Crippen LogP contribution < -0.4 is 5.32 Å². The number of alkyl carbamates (subject to hydrolysis) is 1. The Bertz CT molecular complexity index is 415. The number of hydrogen-bond donors (Lipinski definition) is 1. The molecule has 1 amide bonds. The SMILES string of the molecule is C[C](CNC(=O)OCc1ccccc1)C[C@@H]1CCCOC1. The number of rotatable bonds is 6. The molecule has 1 heterocycles. The highest BCUT2D eigenvalue weighted by atomic mass is 16.5. The molecule has 1 aromatic rings. The van der Waals surface area contributed by atoms with Gasteiger partial charge >= 0.3 is 6.09 Å². The first kappa shape index (κ1) is 15.8. The van der Waals surface area contributed by atoms with Crippen molar-refractivity contribution in [1.82, 2.24) is 5.32 Å². The number of amides is 1. The van der Waals surface area contributed by atoms with Crippen molar-refractivity contribution in [3.05, 3.63) is 41.8 Å².